The molecule has 0 bridgehead atoms. The normalized spacial score (nSPS) is 18.3. The number of allylic oxidation sites excluding steroid dienone is 1. The number of fused-ring (bicyclic) bond motifs is 3. The minimum Gasteiger partial charge on any atom is -0.457 e. The largest absolute Gasteiger partial charge is 0.457 e. The monoisotopic (exact) mass is 708 g/mol. The van der Waals surface area contributed by atoms with Gasteiger partial charge in [-0.3, -0.25) is 4.57 Å². The number of hydrogen-bond acceptors (Lipinski definition) is 4. The van der Waals surface area contributed by atoms with Crippen molar-refractivity contribution >= 4 is 21.8 Å². The first-order chi connectivity index (χ1) is 25.0. The Hall–Kier alpha value is -4.68. The zero-order valence-electron chi connectivity index (χ0n) is 33.7. The first kappa shape index (κ1) is 36.7. The topological polar surface area (TPSA) is 54.1 Å². The number of para-hydroxylation sites is 1. The molecule has 3 aromatic heterocycles. The predicted molar refractivity (Wildman–Crippen MR) is 220 cm³/mol. The summed E-state index contributed by atoms with van der Waals surface area (Å²) in [4.78, 5) is 4.78. The smallest absolute Gasteiger partial charge is 0.137 e. The second-order valence-corrected chi connectivity index (χ2v) is 17.6. The number of benzene rings is 3. The molecule has 1 unspecified atom stereocenters. The third-order valence-electron chi connectivity index (χ3n) is 10.9. The van der Waals surface area contributed by atoms with Crippen molar-refractivity contribution in [1.82, 2.24) is 19.3 Å². The van der Waals surface area contributed by atoms with Crippen LogP contribution in [0.15, 0.2) is 90.6 Å². The molecule has 3 atom stereocenters. The molecule has 6 nitrogen and oxygen atoms in total. The van der Waals surface area contributed by atoms with E-state index in [2.05, 4.69) is 158 Å². The Morgan fingerprint density at radius 3 is 2.21 bits per heavy atom. The second kappa shape index (κ2) is 13.6. The lowest BCUT2D eigenvalue weighted by Crippen LogP contribution is -2.29. The third-order valence-corrected chi connectivity index (χ3v) is 10.9. The quantitative estimate of drug-likeness (QED) is 0.155. The highest BCUT2D eigenvalue weighted by Gasteiger charge is 2.40. The molecule has 0 fully saturated rings. The SMILES string of the molecule is CO[C@H]1C=C(C)C(c2c(C(C)(C)C)nn(-c3cc(Oc4ccc5c6ccccc6n(-c6cc(C)ccn6)c5c4)cc(C(C)C)c3)c2C(C)(C)C)[C@@H](C)C1. The first-order valence-electron chi connectivity index (χ1n) is 19.2. The van der Waals surface area contributed by atoms with Gasteiger partial charge in [0.2, 0.25) is 0 Å². The van der Waals surface area contributed by atoms with Crippen molar-refractivity contribution in [3.05, 3.63) is 119 Å². The molecule has 3 heterocycles. The van der Waals surface area contributed by atoms with Gasteiger partial charge in [0, 0.05) is 58.5 Å². The molecule has 0 N–H and O–H groups in total. The molecular weight excluding hydrogens is 653 g/mol. The zero-order chi connectivity index (χ0) is 38.0. The molecule has 0 aliphatic heterocycles. The first-order valence-corrected chi connectivity index (χ1v) is 19.2. The average Bonchev–Trinajstić information content (AvgIpc) is 3.65. The van der Waals surface area contributed by atoms with Gasteiger partial charge in [0.15, 0.2) is 0 Å². The van der Waals surface area contributed by atoms with E-state index in [1.54, 1.807) is 0 Å². The number of aromatic nitrogens is 4. The number of hydrogen-bond donors (Lipinski definition) is 0. The van der Waals surface area contributed by atoms with Gasteiger partial charge in [-0.2, -0.15) is 5.10 Å². The lowest BCUT2D eigenvalue weighted by molar-refractivity contribution is 0.108. The maximum atomic E-state index is 6.86. The summed E-state index contributed by atoms with van der Waals surface area (Å²) in [6.45, 7) is 25.1. The molecule has 6 aromatic rings. The fourth-order valence-electron chi connectivity index (χ4n) is 8.44. The van der Waals surface area contributed by atoms with Gasteiger partial charge in [-0.1, -0.05) is 92.2 Å². The highest BCUT2D eigenvalue weighted by molar-refractivity contribution is 6.09. The van der Waals surface area contributed by atoms with Crippen molar-refractivity contribution in [2.45, 2.75) is 111 Å². The molecule has 0 radical (unpaired) electrons. The standard InChI is InChI=1S/C47H56N4O2/c1-28(2)32-24-33(51-45(47(9,10)11)43(44(49-51)46(6,7)8)42-30(4)22-35(52-12)23-31(42)5)26-36(25-32)53-34-17-18-38-37-15-13-14-16-39(37)50(40(38)27-34)41-21-29(3)19-20-48-41/h13-22,24-28,31,35,42H,23H2,1-12H3/t31-,35-,42?/m0/s1. The van der Waals surface area contributed by atoms with Crippen molar-refractivity contribution in [3.8, 4) is 23.0 Å². The van der Waals surface area contributed by atoms with Crippen LogP contribution < -0.4 is 4.74 Å². The molecule has 0 saturated heterocycles. The Bertz CT molecular complexity index is 2340. The van der Waals surface area contributed by atoms with Gasteiger partial charge in [0.05, 0.1) is 34.2 Å². The number of methoxy groups -OCH3 is 1. The van der Waals surface area contributed by atoms with Gasteiger partial charge in [-0.05, 0) is 85.7 Å². The zero-order valence-corrected chi connectivity index (χ0v) is 33.7. The Labute approximate surface area is 315 Å². The van der Waals surface area contributed by atoms with Crippen molar-refractivity contribution in [2.75, 3.05) is 7.11 Å². The molecule has 3 aromatic carbocycles. The molecule has 53 heavy (non-hydrogen) atoms. The Balaban J connectivity index is 1.40. The second-order valence-electron chi connectivity index (χ2n) is 17.6. The van der Waals surface area contributed by atoms with Crippen molar-refractivity contribution in [2.24, 2.45) is 5.92 Å². The molecule has 276 valence electrons. The van der Waals surface area contributed by atoms with E-state index >= 15 is 0 Å². The van der Waals surface area contributed by atoms with E-state index in [1.165, 1.54) is 38.7 Å². The van der Waals surface area contributed by atoms with Gasteiger partial charge < -0.3 is 9.47 Å². The Morgan fingerprint density at radius 1 is 0.811 bits per heavy atom. The van der Waals surface area contributed by atoms with E-state index in [0.29, 0.717) is 11.8 Å². The maximum absolute atomic E-state index is 6.86. The fourth-order valence-corrected chi connectivity index (χ4v) is 8.44. The van der Waals surface area contributed by atoms with Crippen LogP contribution in [-0.4, -0.2) is 32.5 Å². The summed E-state index contributed by atoms with van der Waals surface area (Å²) in [6, 6.07) is 25.8. The fraction of sp³-hybridized carbons (Fsp3) is 0.404. The Kier molecular flexibility index (Phi) is 9.43. The van der Waals surface area contributed by atoms with Crippen LogP contribution >= 0.6 is 0 Å². The van der Waals surface area contributed by atoms with E-state index in [0.717, 1.165) is 46.2 Å². The van der Waals surface area contributed by atoms with E-state index in [-0.39, 0.29) is 22.9 Å². The predicted octanol–water partition coefficient (Wildman–Crippen LogP) is 12.3. The summed E-state index contributed by atoms with van der Waals surface area (Å²) in [5.74, 6) is 3.42. The summed E-state index contributed by atoms with van der Waals surface area (Å²) in [6.07, 6.45) is 5.34. The van der Waals surface area contributed by atoms with Crippen molar-refractivity contribution in [3.63, 3.8) is 0 Å². The van der Waals surface area contributed by atoms with E-state index < -0.39 is 0 Å². The van der Waals surface area contributed by atoms with Gasteiger partial charge >= 0.3 is 0 Å². The average molecular weight is 709 g/mol. The van der Waals surface area contributed by atoms with Crippen LogP contribution in [0.25, 0.3) is 33.3 Å². The molecule has 1 aliphatic carbocycles. The van der Waals surface area contributed by atoms with Crippen molar-refractivity contribution < 1.29 is 9.47 Å². The minimum atomic E-state index is -0.179. The summed E-state index contributed by atoms with van der Waals surface area (Å²) >= 11 is 0. The Morgan fingerprint density at radius 2 is 1.55 bits per heavy atom. The van der Waals surface area contributed by atoms with Crippen LogP contribution in [-0.2, 0) is 15.6 Å². The number of aryl methyl sites for hydroxylation is 1. The minimum absolute atomic E-state index is 0.142. The molecule has 6 heteroatoms. The van der Waals surface area contributed by atoms with E-state index in [1.807, 2.05) is 19.4 Å². The molecular formula is C47H56N4O2. The highest BCUT2D eigenvalue weighted by Crippen LogP contribution is 2.48. The number of ether oxygens (including phenoxy) is 2. The summed E-state index contributed by atoms with van der Waals surface area (Å²) in [5, 5.41) is 7.92. The van der Waals surface area contributed by atoms with Crippen LogP contribution in [0.1, 0.15) is 116 Å². The number of pyridine rings is 1. The lowest BCUT2D eigenvalue weighted by Gasteiger charge is -2.36. The maximum Gasteiger partial charge on any atom is 0.137 e. The number of rotatable bonds is 7. The van der Waals surface area contributed by atoms with Gasteiger partial charge in [0.25, 0.3) is 0 Å². The third kappa shape index (κ3) is 6.83. The molecule has 1 aliphatic rings. The highest BCUT2D eigenvalue weighted by atomic mass is 16.5. The molecule has 0 saturated carbocycles. The van der Waals surface area contributed by atoms with Crippen molar-refractivity contribution in [1.29, 1.82) is 0 Å². The lowest BCUT2D eigenvalue weighted by atomic mass is 9.69. The van der Waals surface area contributed by atoms with E-state index in [9.17, 15) is 0 Å². The summed E-state index contributed by atoms with van der Waals surface area (Å²) in [7, 11) is 1.82. The van der Waals surface area contributed by atoms with Crippen LogP contribution in [0.2, 0.25) is 0 Å². The molecule has 0 spiro atoms. The molecule has 0 amide bonds. The summed E-state index contributed by atoms with van der Waals surface area (Å²) in [5.41, 5.74) is 10.4. The van der Waals surface area contributed by atoms with E-state index in [4.69, 9.17) is 19.6 Å². The van der Waals surface area contributed by atoms with Gasteiger partial charge in [0.1, 0.15) is 17.3 Å². The number of nitrogens with zero attached hydrogens (tertiary/aromatic N) is 4. The summed E-state index contributed by atoms with van der Waals surface area (Å²) < 4.78 is 17.2. The van der Waals surface area contributed by atoms with Crippen LogP contribution in [0, 0.1) is 12.8 Å². The van der Waals surface area contributed by atoms with Gasteiger partial charge in [-0.15, -0.1) is 0 Å². The van der Waals surface area contributed by atoms with Gasteiger partial charge in [-0.25, -0.2) is 9.67 Å². The molecule has 7 rings (SSSR count). The van der Waals surface area contributed by atoms with Crippen LogP contribution in [0.5, 0.6) is 11.5 Å². The van der Waals surface area contributed by atoms with Crippen LogP contribution in [0.3, 0.4) is 0 Å². The van der Waals surface area contributed by atoms with Crippen LogP contribution in [0.4, 0.5) is 0 Å².